The van der Waals surface area contributed by atoms with Crippen molar-refractivity contribution in [2.24, 2.45) is 5.73 Å². The molecule has 0 radical (unpaired) electrons. The Morgan fingerprint density at radius 1 is 0.926 bits per heavy atom. The van der Waals surface area contributed by atoms with Crippen molar-refractivity contribution < 1.29 is 9.59 Å². The maximum absolute atomic E-state index is 12.8. The Balaban J connectivity index is 1.85. The Labute approximate surface area is 156 Å². The van der Waals surface area contributed by atoms with Gasteiger partial charge in [0.2, 0.25) is 0 Å². The lowest BCUT2D eigenvalue weighted by atomic mass is 9.98. The molecule has 0 aliphatic rings. The smallest absolute Gasteiger partial charge is 0.316 e. The van der Waals surface area contributed by atoms with Crippen LogP contribution >= 0.6 is 0 Å². The maximum atomic E-state index is 12.8. The highest BCUT2D eigenvalue weighted by molar-refractivity contribution is 6.06. The normalized spacial score (nSPS) is 10.2. The molecule has 3 amide bonds. The van der Waals surface area contributed by atoms with Crippen molar-refractivity contribution in [1.29, 1.82) is 0 Å². The van der Waals surface area contributed by atoms with Gasteiger partial charge in [-0.15, -0.1) is 0 Å². The van der Waals surface area contributed by atoms with Crippen molar-refractivity contribution >= 4 is 29.0 Å². The largest absolute Gasteiger partial charge is 0.398 e. The Hall–Kier alpha value is -3.87. The van der Waals surface area contributed by atoms with Crippen molar-refractivity contribution in [3.8, 4) is 0 Å². The van der Waals surface area contributed by atoms with Gasteiger partial charge in [-0.25, -0.2) is 4.79 Å². The number of nitrogens with two attached hydrogens (primary N) is 2. The average molecular weight is 361 g/mol. The van der Waals surface area contributed by atoms with Gasteiger partial charge < -0.3 is 22.1 Å². The van der Waals surface area contributed by atoms with Gasteiger partial charge in [-0.1, -0.05) is 12.1 Å². The number of hydrogen-bond donors (Lipinski definition) is 4. The molecule has 2 aromatic carbocycles. The lowest BCUT2D eigenvalue weighted by Crippen LogP contribution is -2.19. The fourth-order valence-corrected chi connectivity index (χ4v) is 2.73. The molecule has 0 aliphatic heterocycles. The molecule has 27 heavy (non-hydrogen) atoms. The van der Waals surface area contributed by atoms with E-state index in [9.17, 15) is 9.59 Å². The first-order valence-corrected chi connectivity index (χ1v) is 8.27. The minimum Gasteiger partial charge on any atom is -0.398 e. The van der Waals surface area contributed by atoms with E-state index in [0.717, 1.165) is 11.1 Å². The monoisotopic (exact) mass is 361 g/mol. The van der Waals surface area contributed by atoms with Crippen molar-refractivity contribution in [1.82, 2.24) is 4.98 Å². The van der Waals surface area contributed by atoms with Crippen LogP contribution in [0.1, 0.15) is 21.5 Å². The second-order valence-corrected chi connectivity index (χ2v) is 5.93. The molecule has 0 atom stereocenters. The van der Waals surface area contributed by atoms with Crippen LogP contribution in [0, 0.1) is 0 Å². The summed E-state index contributed by atoms with van der Waals surface area (Å²) >= 11 is 0. The summed E-state index contributed by atoms with van der Waals surface area (Å²) in [5.74, 6) is -0.289. The first kappa shape index (κ1) is 17.9. The highest BCUT2D eigenvalue weighted by Gasteiger charge is 2.15. The number of aromatic nitrogens is 1. The zero-order chi connectivity index (χ0) is 19.2. The molecule has 6 N–H and O–H groups in total. The summed E-state index contributed by atoms with van der Waals surface area (Å²) in [5.41, 5.74) is 15.0. The highest BCUT2D eigenvalue weighted by Crippen LogP contribution is 2.23. The Kier molecular flexibility index (Phi) is 5.32. The number of pyridine rings is 1. The fraction of sp³-hybridized carbons (Fsp3) is 0.0500. The number of benzene rings is 2. The summed E-state index contributed by atoms with van der Waals surface area (Å²) in [7, 11) is 0. The number of amides is 3. The van der Waals surface area contributed by atoms with Crippen LogP contribution in [0.2, 0.25) is 0 Å². The number of nitrogen functional groups attached to an aromatic ring is 1. The number of primary amides is 1. The van der Waals surface area contributed by atoms with E-state index in [1.807, 2.05) is 12.1 Å². The van der Waals surface area contributed by atoms with Gasteiger partial charge in [0.1, 0.15) is 0 Å². The maximum Gasteiger partial charge on any atom is 0.316 e. The number of urea groups is 1. The zero-order valence-corrected chi connectivity index (χ0v) is 14.5. The van der Waals surface area contributed by atoms with E-state index in [4.69, 9.17) is 11.5 Å². The first-order chi connectivity index (χ1) is 13.0. The van der Waals surface area contributed by atoms with Gasteiger partial charge >= 0.3 is 6.03 Å². The Morgan fingerprint density at radius 3 is 2.30 bits per heavy atom. The summed E-state index contributed by atoms with van der Waals surface area (Å²) in [6.07, 6.45) is 3.91. The molecule has 136 valence electrons. The molecule has 0 bridgehead atoms. The van der Waals surface area contributed by atoms with Gasteiger partial charge in [-0.2, -0.15) is 0 Å². The summed E-state index contributed by atoms with van der Waals surface area (Å²) in [4.78, 5) is 27.8. The molecule has 0 spiro atoms. The van der Waals surface area contributed by atoms with Crippen LogP contribution in [0.4, 0.5) is 21.9 Å². The van der Waals surface area contributed by atoms with Crippen molar-refractivity contribution in [3.63, 3.8) is 0 Å². The topological polar surface area (TPSA) is 123 Å². The molecule has 1 aromatic heterocycles. The predicted molar refractivity (Wildman–Crippen MR) is 105 cm³/mol. The van der Waals surface area contributed by atoms with Gasteiger partial charge in [0.05, 0.1) is 0 Å². The number of carbonyl (C=O) groups excluding carboxylic acids is 2. The molecular formula is C20H19N5O2. The van der Waals surface area contributed by atoms with Crippen LogP contribution < -0.4 is 22.1 Å². The molecule has 1 heterocycles. The molecule has 7 heteroatoms. The minimum atomic E-state index is -0.672. The van der Waals surface area contributed by atoms with Crippen LogP contribution in [0.5, 0.6) is 0 Å². The predicted octanol–water partition coefficient (Wildman–Crippen LogP) is 3.00. The molecule has 0 saturated carbocycles. The summed E-state index contributed by atoms with van der Waals surface area (Å²) in [5, 5.41) is 5.30. The van der Waals surface area contributed by atoms with Crippen molar-refractivity contribution in [3.05, 3.63) is 83.7 Å². The fourth-order valence-electron chi connectivity index (χ4n) is 2.73. The van der Waals surface area contributed by atoms with Gasteiger partial charge in [0.15, 0.2) is 0 Å². The van der Waals surface area contributed by atoms with Crippen LogP contribution in [0.25, 0.3) is 0 Å². The van der Waals surface area contributed by atoms with Gasteiger partial charge in [0.25, 0.3) is 5.91 Å². The van der Waals surface area contributed by atoms with Crippen LogP contribution in [0.3, 0.4) is 0 Å². The molecule has 0 unspecified atom stereocenters. The average Bonchev–Trinajstić information content (AvgIpc) is 2.64. The van der Waals surface area contributed by atoms with E-state index in [1.54, 1.807) is 54.9 Å². The number of anilines is 3. The number of nitrogens with zero attached hydrogens (tertiary/aromatic N) is 1. The molecule has 7 nitrogen and oxygen atoms in total. The van der Waals surface area contributed by atoms with Gasteiger partial charge in [-0.3, -0.25) is 9.78 Å². The van der Waals surface area contributed by atoms with Crippen LogP contribution in [-0.2, 0) is 6.42 Å². The SMILES string of the molecule is NC(=O)Nc1cccc(NC(=O)c2cccc(N)c2Cc2ccncc2)c1. The van der Waals surface area contributed by atoms with E-state index in [1.165, 1.54) is 0 Å². The van der Waals surface area contributed by atoms with E-state index < -0.39 is 6.03 Å². The van der Waals surface area contributed by atoms with E-state index in [0.29, 0.717) is 29.0 Å². The standard InChI is InChI=1S/C20H19N5O2/c21-18-6-2-5-16(17(18)11-13-7-9-23-10-8-13)19(26)24-14-3-1-4-15(12-14)25-20(22)27/h1-10,12H,11,21H2,(H,24,26)(H3,22,25,27). The third-order valence-electron chi connectivity index (χ3n) is 3.98. The molecule has 3 rings (SSSR count). The summed E-state index contributed by atoms with van der Waals surface area (Å²) < 4.78 is 0. The Bertz CT molecular complexity index is 973. The Morgan fingerprint density at radius 2 is 1.59 bits per heavy atom. The molecule has 3 aromatic rings. The third kappa shape index (κ3) is 4.60. The lowest BCUT2D eigenvalue weighted by molar-refractivity contribution is 0.102. The van der Waals surface area contributed by atoms with E-state index in [-0.39, 0.29) is 5.91 Å². The lowest BCUT2D eigenvalue weighted by Gasteiger charge is -2.13. The number of nitrogens with one attached hydrogen (secondary N) is 2. The molecular weight excluding hydrogens is 342 g/mol. The summed E-state index contributed by atoms with van der Waals surface area (Å²) in [6, 6.07) is 15.1. The molecule has 0 aliphatic carbocycles. The third-order valence-corrected chi connectivity index (χ3v) is 3.98. The second-order valence-electron chi connectivity index (χ2n) is 5.93. The number of rotatable bonds is 5. The zero-order valence-electron chi connectivity index (χ0n) is 14.5. The van der Waals surface area contributed by atoms with Gasteiger partial charge in [-0.05, 0) is 53.6 Å². The van der Waals surface area contributed by atoms with E-state index >= 15 is 0 Å². The number of hydrogen-bond acceptors (Lipinski definition) is 4. The second kappa shape index (κ2) is 8.01. The highest BCUT2D eigenvalue weighted by atomic mass is 16.2. The number of carbonyl (C=O) groups is 2. The molecule has 0 fully saturated rings. The van der Waals surface area contributed by atoms with Crippen molar-refractivity contribution in [2.75, 3.05) is 16.4 Å². The minimum absolute atomic E-state index is 0.289. The van der Waals surface area contributed by atoms with Crippen LogP contribution in [0.15, 0.2) is 67.0 Å². The summed E-state index contributed by atoms with van der Waals surface area (Å²) in [6.45, 7) is 0. The van der Waals surface area contributed by atoms with E-state index in [2.05, 4.69) is 15.6 Å². The van der Waals surface area contributed by atoms with Crippen molar-refractivity contribution in [2.45, 2.75) is 6.42 Å². The first-order valence-electron chi connectivity index (χ1n) is 8.27. The van der Waals surface area contributed by atoms with Gasteiger partial charge in [0, 0.05) is 41.4 Å². The molecule has 0 saturated heterocycles. The van der Waals surface area contributed by atoms with Crippen LogP contribution in [-0.4, -0.2) is 16.9 Å². The quantitative estimate of drug-likeness (QED) is 0.522.